The van der Waals surface area contributed by atoms with Crippen LogP contribution in [0.15, 0.2) is 24.3 Å². The van der Waals surface area contributed by atoms with Crippen molar-refractivity contribution >= 4 is 29.1 Å². The van der Waals surface area contributed by atoms with E-state index in [-0.39, 0.29) is 24.3 Å². The zero-order valence-electron chi connectivity index (χ0n) is 11.3. The van der Waals surface area contributed by atoms with Crippen LogP contribution in [-0.2, 0) is 9.59 Å². The minimum absolute atomic E-state index is 0.106. The molecule has 2 unspecified atom stereocenters. The molecule has 0 aromatic heterocycles. The van der Waals surface area contributed by atoms with Crippen LogP contribution in [0.2, 0.25) is 5.02 Å². The molecule has 0 spiro atoms. The molecular formula is C14H18ClN3O2. The van der Waals surface area contributed by atoms with Gasteiger partial charge in [-0.25, -0.2) is 0 Å². The van der Waals surface area contributed by atoms with Crippen LogP contribution in [0.3, 0.4) is 0 Å². The van der Waals surface area contributed by atoms with E-state index >= 15 is 0 Å². The summed E-state index contributed by atoms with van der Waals surface area (Å²) in [6, 6.07) is 6.44. The Balaban J connectivity index is 2.01. The maximum absolute atomic E-state index is 12.3. The summed E-state index contributed by atoms with van der Waals surface area (Å²) in [4.78, 5) is 25.6. The number of amides is 2. The first-order valence-electron chi connectivity index (χ1n) is 6.59. The summed E-state index contributed by atoms with van der Waals surface area (Å²) in [6.45, 7) is 2.33. The zero-order chi connectivity index (χ0) is 14.7. The first-order chi connectivity index (χ1) is 9.47. The summed E-state index contributed by atoms with van der Waals surface area (Å²) in [7, 11) is 0. The van der Waals surface area contributed by atoms with Gasteiger partial charge in [0.1, 0.15) is 6.04 Å². The summed E-state index contributed by atoms with van der Waals surface area (Å²) in [5.74, 6) is -0.295. The van der Waals surface area contributed by atoms with Crippen molar-refractivity contribution < 1.29 is 9.59 Å². The summed E-state index contributed by atoms with van der Waals surface area (Å²) in [5.41, 5.74) is 6.32. The number of hydrogen-bond acceptors (Lipinski definition) is 3. The first kappa shape index (κ1) is 14.8. The van der Waals surface area contributed by atoms with E-state index in [9.17, 15) is 9.59 Å². The second-order valence-corrected chi connectivity index (χ2v) is 5.50. The molecule has 1 aliphatic heterocycles. The van der Waals surface area contributed by atoms with Crippen molar-refractivity contribution in [1.29, 1.82) is 0 Å². The lowest BCUT2D eigenvalue weighted by atomic mass is 10.2. The maximum Gasteiger partial charge on any atom is 0.249 e. The molecule has 1 fully saturated rings. The Labute approximate surface area is 123 Å². The van der Waals surface area contributed by atoms with Gasteiger partial charge >= 0.3 is 0 Å². The van der Waals surface area contributed by atoms with Crippen LogP contribution in [0, 0.1) is 0 Å². The molecule has 1 heterocycles. The third kappa shape index (κ3) is 3.49. The van der Waals surface area contributed by atoms with Crippen molar-refractivity contribution in [3.05, 3.63) is 29.3 Å². The number of benzene rings is 1. The quantitative estimate of drug-likeness (QED) is 0.879. The predicted octanol–water partition coefficient (Wildman–Crippen LogP) is 1.30. The number of anilines is 1. The van der Waals surface area contributed by atoms with Crippen LogP contribution < -0.4 is 16.0 Å². The zero-order valence-corrected chi connectivity index (χ0v) is 12.1. The number of rotatable bonds is 4. The highest BCUT2D eigenvalue weighted by atomic mass is 35.5. The SMILES string of the molecule is CC(N)CC(=O)NC1CCN(c2cccc(Cl)c2)C1=O. The molecule has 1 aromatic carbocycles. The Kier molecular flexibility index (Phi) is 4.62. The number of nitrogens with two attached hydrogens (primary N) is 1. The van der Waals surface area contributed by atoms with E-state index in [0.717, 1.165) is 5.69 Å². The van der Waals surface area contributed by atoms with Crippen molar-refractivity contribution in [3.63, 3.8) is 0 Å². The fraction of sp³-hybridized carbons (Fsp3) is 0.429. The average molecular weight is 296 g/mol. The molecule has 0 saturated carbocycles. The maximum atomic E-state index is 12.3. The predicted molar refractivity (Wildman–Crippen MR) is 78.6 cm³/mol. The summed E-state index contributed by atoms with van der Waals surface area (Å²) in [5, 5.41) is 3.31. The number of nitrogens with one attached hydrogen (secondary N) is 1. The van der Waals surface area contributed by atoms with Crippen LogP contribution in [0.4, 0.5) is 5.69 Å². The number of carbonyl (C=O) groups excluding carboxylic acids is 2. The van der Waals surface area contributed by atoms with Gasteiger partial charge in [-0.05, 0) is 31.5 Å². The summed E-state index contributed by atoms with van der Waals surface area (Å²) >= 11 is 5.93. The molecule has 2 atom stereocenters. The van der Waals surface area contributed by atoms with E-state index in [4.69, 9.17) is 17.3 Å². The van der Waals surface area contributed by atoms with E-state index in [1.54, 1.807) is 30.0 Å². The molecule has 20 heavy (non-hydrogen) atoms. The molecule has 3 N–H and O–H groups in total. The van der Waals surface area contributed by atoms with E-state index in [0.29, 0.717) is 18.0 Å². The Bertz CT molecular complexity index is 519. The van der Waals surface area contributed by atoms with Gasteiger partial charge < -0.3 is 16.0 Å². The molecule has 0 radical (unpaired) electrons. The second-order valence-electron chi connectivity index (χ2n) is 5.06. The molecule has 6 heteroatoms. The third-order valence-corrected chi connectivity index (χ3v) is 3.40. The molecule has 1 aromatic rings. The molecule has 1 aliphatic rings. The van der Waals surface area contributed by atoms with Gasteiger partial charge in [0, 0.05) is 29.7 Å². The van der Waals surface area contributed by atoms with E-state index < -0.39 is 6.04 Å². The van der Waals surface area contributed by atoms with Gasteiger partial charge in [0.25, 0.3) is 0 Å². The van der Waals surface area contributed by atoms with E-state index in [1.165, 1.54) is 0 Å². The molecule has 108 valence electrons. The van der Waals surface area contributed by atoms with Crippen molar-refractivity contribution in [2.45, 2.75) is 31.8 Å². The van der Waals surface area contributed by atoms with Crippen molar-refractivity contribution in [1.82, 2.24) is 5.32 Å². The first-order valence-corrected chi connectivity index (χ1v) is 6.97. The standard InChI is InChI=1S/C14H18ClN3O2/c1-9(16)7-13(19)17-12-5-6-18(14(12)20)11-4-2-3-10(15)8-11/h2-4,8-9,12H,5-7,16H2,1H3,(H,17,19). The van der Waals surface area contributed by atoms with Crippen LogP contribution in [0.25, 0.3) is 0 Å². The lowest BCUT2D eigenvalue weighted by Crippen LogP contribution is -2.42. The van der Waals surface area contributed by atoms with Gasteiger partial charge in [-0.2, -0.15) is 0 Å². The topological polar surface area (TPSA) is 75.4 Å². The molecule has 0 bridgehead atoms. The Morgan fingerprint density at radius 3 is 3.00 bits per heavy atom. The van der Waals surface area contributed by atoms with Crippen molar-refractivity contribution in [2.24, 2.45) is 5.73 Å². The van der Waals surface area contributed by atoms with E-state index in [2.05, 4.69) is 5.32 Å². The van der Waals surface area contributed by atoms with Gasteiger partial charge in [0.2, 0.25) is 11.8 Å². The highest BCUT2D eigenvalue weighted by molar-refractivity contribution is 6.31. The Hall–Kier alpha value is -1.59. The van der Waals surface area contributed by atoms with Crippen molar-refractivity contribution in [2.75, 3.05) is 11.4 Å². The third-order valence-electron chi connectivity index (χ3n) is 3.17. The number of nitrogens with zero attached hydrogens (tertiary/aromatic N) is 1. The number of carbonyl (C=O) groups is 2. The molecule has 2 rings (SSSR count). The number of hydrogen-bond donors (Lipinski definition) is 2. The molecule has 0 aliphatic carbocycles. The molecular weight excluding hydrogens is 278 g/mol. The number of halogens is 1. The lowest BCUT2D eigenvalue weighted by Gasteiger charge is -2.17. The van der Waals surface area contributed by atoms with Gasteiger partial charge in [0.15, 0.2) is 0 Å². The normalized spacial score (nSPS) is 20.1. The van der Waals surface area contributed by atoms with Gasteiger partial charge in [-0.1, -0.05) is 17.7 Å². The van der Waals surface area contributed by atoms with Crippen LogP contribution in [0.5, 0.6) is 0 Å². The average Bonchev–Trinajstić information content (AvgIpc) is 2.70. The fourth-order valence-corrected chi connectivity index (χ4v) is 2.44. The smallest absolute Gasteiger partial charge is 0.249 e. The van der Waals surface area contributed by atoms with Gasteiger partial charge in [-0.15, -0.1) is 0 Å². The van der Waals surface area contributed by atoms with E-state index in [1.807, 2.05) is 6.07 Å². The minimum atomic E-state index is -0.472. The second kappa shape index (κ2) is 6.24. The van der Waals surface area contributed by atoms with Gasteiger partial charge in [-0.3, -0.25) is 9.59 Å². The summed E-state index contributed by atoms with van der Waals surface area (Å²) in [6.07, 6.45) is 0.816. The van der Waals surface area contributed by atoms with Crippen molar-refractivity contribution in [3.8, 4) is 0 Å². The fourth-order valence-electron chi connectivity index (χ4n) is 2.26. The lowest BCUT2D eigenvalue weighted by molar-refractivity contribution is -0.126. The molecule has 5 nitrogen and oxygen atoms in total. The van der Waals surface area contributed by atoms with Crippen LogP contribution in [0.1, 0.15) is 19.8 Å². The van der Waals surface area contributed by atoms with Crippen LogP contribution >= 0.6 is 11.6 Å². The molecule has 1 saturated heterocycles. The van der Waals surface area contributed by atoms with Gasteiger partial charge in [0.05, 0.1) is 0 Å². The monoisotopic (exact) mass is 295 g/mol. The largest absolute Gasteiger partial charge is 0.344 e. The minimum Gasteiger partial charge on any atom is -0.344 e. The summed E-state index contributed by atoms with van der Waals surface area (Å²) < 4.78 is 0. The van der Waals surface area contributed by atoms with Crippen LogP contribution in [-0.4, -0.2) is 30.4 Å². The highest BCUT2D eigenvalue weighted by Crippen LogP contribution is 2.24. The Morgan fingerprint density at radius 2 is 2.35 bits per heavy atom. The highest BCUT2D eigenvalue weighted by Gasteiger charge is 2.33. The Morgan fingerprint density at radius 1 is 1.60 bits per heavy atom. The molecule has 2 amide bonds.